The second kappa shape index (κ2) is 6.52. The van der Waals surface area contributed by atoms with Crippen LogP contribution in [0.1, 0.15) is 25.7 Å². The molecule has 2 aliphatic rings. The van der Waals surface area contributed by atoms with Gasteiger partial charge in [0.05, 0.1) is 10.8 Å². The number of rotatable bonds is 5. The van der Waals surface area contributed by atoms with Crippen LogP contribution in [0.5, 0.6) is 0 Å². The molecule has 2 fully saturated rings. The molecule has 0 aromatic heterocycles. The fraction of sp³-hybridized carbons (Fsp3) is 0.562. The summed E-state index contributed by atoms with van der Waals surface area (Å²) in [6.07, 6.45) is 3.87. The van der Waals surface area contributed by atoms with E-state index in [9.17, 15) is 19.3 Å². The van der Waals surface area contributed by atoms with Crippen molar-refractivity contribution in [3.8, 4) is 0 Å². The fourth-order valence-electron chi connectivity index (χ4n) is 3.03. The van der Waals surface area contributed by atoms with Gasteiger partial charge >= 0.3 is 0 Å². The lowest BCUT2D eigenvalue weighted by molar-refractivity contribution is -0.384. The van der Waals surface area contributed by atoms with E-state index in [4.69, 9.17) is 0 Å². The molecule has 1 aromatic carbocycles. The van der Waals surface area contributed by atoms with Crippen molar-refractivity contribution >= 4 is 17.3 Å². The Morgan fingerprint density at radius 3 is 2.87 bits per heavy atom. The standard InChI is InChI=1S/C16H20FN3O3/c17-13-5-6-14(20(22)23)15(8-13)19-7-1-2-12(10-19)16(21)18-9-11-3-4-11/h5-6,8,11-12H,1-4,7,9-10H2,(H,18,21). The minimum absolute atomic E-state index is 0.000608. The molecule has 0 spiro atoms. The number of nitrogens with one attached hydrogen (secondary N) is 1. The molecule has 1 unspecified atom stereocenters. The number of piperidine rings is 1. The summed E-state index contributed by atoms with van der Waals surface area (Å²) in [5.41, 5.74) is 0.139. The molecule has 1 N–H and O–H groups in total. The van der Waals surface area contributed by atoms with Gasteiger partial charge in [-0.3, -0.25) is 14.9 Å². The lowest BCUT2D eigenvalue weighted by Gasteiger charge is -2.33. The summed E-state index contributed by atoms with van der Waals surface area (Å²) in [4.78, 5) is 24.6. The Morgan fingerprint density at radius 2 is 2.17 bits per heavy atom. The third-order valence-corrected chi connectivity index (χ3v) is 4.53. The summed E-state index contributed by atoms with van der Waals surface area (Å²) in [7, 11) is 0. The van der Waals surface area contributed by atoms with Crippen LogP contribution in [-0.4, -0.2) is 30.5 Å². The lowest BCUT2D eigenvalue weighted by Crippen LogP contribution is -2.43. The van der Waals surface area contributed by atoms with Gasteiger partial charge in [-0.15, -0.1) is 0 Å². The van der Waals surface area contributed by atoms with Crippen LogP contribution in [-0.2, 0) is 4.79 Å². The first-order valence-corrected chi connectivity index (χ1v) is 8.01. The van der Waals surface area contributed by atoms with Crippen molar-refractivity contribution in [2.24, 2.45) is 11.8 Å². The minimum Gasteiger partial charge on any atom is -0.365 e. The highest BCUT2D eigenvalue weighted by atomic mass is 19.1. The summed E-state index contributed by atoms with van der Waals surface area (Å²) >= 11 is 0. The van der Waals surface area contributed by atoms with E-state index in [1.54, 1.807) is 4.90 Å². The molecule has 1 saturated heterocycles. The van der Waals surface area contributed by atoms with Gasteiger partial charge in [0.2, 0.25) is 5.91 Å². The number of anilines is 1. The quantitative estimate of drug-likeness (QED) is 0.668. The van der Waals surface area contributed by atoms with Gasteiger partial charge in [-0.2, -0.15) is 0 Å². The highest BCUT2D eigenvalue weighted by molar-refractivity contribution is 5.80. The molecule has 1 aliphatic heterocycles. The molecule has 7 heteroatoms. The van der Waals surface area contributed by atoms with E-state index in [-0.39, 0.29) is 23.2 Å². The average Bonchev–Trinajstić information content (AvgIpc) is 3.36. The number of nitro groups is 1. The van der Waals surface area contributed by atoms with Gasteiger partial charge in [0.15, 0.2) is 0 Å². The highest BCUT2D eigenvalue weighted by Crippen LogP contribution is 2.32. The van der Waals surface area contributed by atoms with Crippen LogP contribution in [0.3, 0.4) is 0 Å². The fourth-order valence-corrected chi connectivity index (χ4v) is 3.03. The Balaban J connectivity index is 1.71. The Morgan fingerprint density at radius 1 is 1.39 bits per heavy atom. The van der Waals surface area contributed by atoms with Crippen LogP contribution in [0.25, 0.3) is 0 Å². The smallest absolute Gasteiger partial charge is 0.292 e. The molecule has 1 aliphatic carbocycles. The second-order valence-corrected chi connectivity index (χ2v) is 6.36. The Kier molecular flexibility index (Phi) is 4.45. The highest BCUT2D eigenvalue weighted by Gasteiger charge is 2.30. The first kappa shape index (κ1) is 15.7. The number of amides is 1. The van der Waals surface area contributed by atoms with E-state index < -0.39 is 10.7 Å². The molecule has 0 bridgehead atoms. The third-order valence-electron chi connectivity index (χ3n) is 4.53. The third kappa shape index (κ3) is 3.78. The minimum atomic E-state index is -0.508. The Labute approximate surface area is 133 Å². The molecule has 1 atom stereocenters. The largest absolute Gasteiger partial charge is 0.365 e. The number of carbonyl (C=O) groups is 1. The first-order valence-electron chi connectivity index (χ1n) is 8.01. The van der Waals surface area contributed by atoms with Crippen molar-refractivity contribution in [2.75, 3.05) is 24.5 Å². The maximum absolute atomic E-state index is 13.5. The van der Waals surface area contributed by atoms with Crippen LogP contribution < -0.4 is 10.2 Å². The molecule has 3 rings (SSSR count). The SMILES string of the molecule is O=C(NCC1CC1)C1CCCN(c2cc(F)ccc2[N+](=O)[O-])C1. The van der Waals surface area contributed by atoms with Crippen LogP contribution in [0.4, 0.5) is 15.8 Å². The van der Waals surface area contributed by atoms with Crippen molar-refractivity contribution in [3.63, 3.8) is 0 Å². The van der Waals surface area contributed by atoms with Gasteiger partial charge in [0.25, 0.3) is 5.69 Å². The normalized spacial score (nSPS) is 21.1. The molecular formula is C16H20FN3O3. The second-order valence-electron chi connectivity index (χ2n) is 6.36. The van der Waals surface area contributed by atoms with E-state index in [0.29, 0.717) is 19.0 Å². The molecule has 124 valence electrons. The molecule has 23 heavy (non-hydrogen) atoms. The molecular weight excluding hydrogens is 301 g/mol. The van der Waals surface area contributed by atoms with Crippen LogP contribution in [0.15, 0.2) is 18.2 Å². The van der Waals surface area contributed by atoms with E-state index in [2.05, 4.69) is 5.32 Å². The molecule has 1 aromatic rings. The summed E-state index contributed by atoms with van der Waals surface area (Å²) in [6.45, 7) is 1.70. The van der Waals surface area contributed by atoms with E-state index in [1.165, 1.54) is 25.0 Å². The first-order chi connectivity index (χ1) is 11.0. The van der Waals surface area contributed by atoms with E-state index in [1.807, 2.05) is 0 Å². The summed E-state index contributed by atoms with van der Waals surface area (Å²) in [6, 6.07) is 3.45. The van der Waals surface area contributed by atoms with Gasteiger partial charge in [-0.25, -0.2) is 4.39 Å². The number of carbonyl (C=O) groups excluding carboxylic acids is 1. The van der Waals surface area contributed by atoms with Crippen LogP contribution in [0.2, 0.25) is 0 Å². The summed E-state index contributed by atoms with van der Waals surface area (Å²) < 4.78 is 13.5. The van der Waals surface area contributed by atoms with Crippen molar-refractivity contribution in [3.05, 3.63) is 34.1 Å². The molecule has 0 radical (unpaired) electrons. The monoisotopic (exact) mass is 321 g/mol. The van der Waals surface area contributed by atoms with Crippen molar-refractivity contribution in [1.82, 2.24) is 5.32 Å². The topological polar surface area (TPSA) is 75.5 Å². The summed E-state index contributed by atoms with van der Waals surface area (Å²) in [5.74, 6) is -0.0973. The summed E-state index contributed by atoms with van der Waals surface area (Å²) in [5, 5.41) is 14.1. The molecule has 1 heterocycles. The Bertz CT molecular complexity index is 619. The van der Waals surface area contributed by atoms with E-state index >= 15 is 0 Å². The van der Waals surface area contributed by atoms with Crippen molar-refractivity contribution in [2.45, 2.75) is 25.7 Å². The number of hydrogen-bond acceptors (Lipinski definition) is 4. The van der Waals surface area contributed by atoms with Gasteiger partial charge in [-0.05, 0) is 37.7 Å². The molecule has 1 amide bonds. The van der Waals surface area contributed by atoms with Gasteiger partial charge in [0, 0.05) is 31.8 Å². The maximum atomic E-state index is 13.5. The predicted molar refractivity (Wildman–Crippen MR) is 83.7 cm³/mol. The maximum Gasteiger partial charge on any atom is 0.292 e. The van der Waals surface area contributed by atoms with Gasteiger partial charge in [-0.1, -0.05) is 0 Å². The zero-order valence-corrected chi connectivity index (χ0v) is 12.8. The van der Waals surface area contributed by atoms with Gasteiger partial charge < -0.3 is 10.2 Å². The number of nitro benzene ring substituents is 1. The van der Waals surface area contributed by atoms with Crippen LogP contribution in [0, 0.1) is 27.8 Å². The van der Waals surface area contributed by atoms with E-state index in [0.717, 1.165) is 25.5 Å². The van der Waals surface area contributed by atoms with Crippen molar-refractivity contribution in [1.29, 1.82) is 0 Å². The predicted octanol–water partition coefficient (Wildman–Crippen LogP) is 2.48. The van der Waals surface area contributed by atoms with Gasteiger partial charge in [0.1, 0.15) is 11.5 Å². The number of nitrogens with zero attached hydrogens (tertiary/aromatic N) is 2. The Hall–Kier alpha value is -2.18. The zero-order valence-electron chi connectivity index (χ0n) is 12.8. The average molecular weight is 321 g/mol. The number of halogens is 1. The number of benzene rings is 1. The molecule has 1 saturated carbocycles. The number of hydrogen-bond donors (Lipinski definition) is 1. The lowest BCUT2D eigenvalue weighted by atomic mass is 9.96. The zero-order chi connectivity index (χ0) is 16.4. The van der Waals surface area contributed by atoms with Crippen molar-refractivity contribution < 1.29 is 14.1 Å². The van der Waals surface area contributed by atoms with Crippen LogP contribution >= 0.6 is 0 Å². The molecule has 6 nitrogen and oxygen atoms in total.